The number of rotatable bonds is 6. The standard InChI is InChI=1S/C20H15N3O4/c24-19(25)16-8-11-18(21-13-16)23-22-12-14-6-9-17(10-7-14)27-20(26)15-4-2-1-3-5-15/h1-13H,(H,21,23)(H,24,25)/b22-12+. The molecular formula is C20H15N3O4. The molecule has 2 aromatic carbocycles. The van der Waals surface area contributed by atoms with Crippen molar-refractivity contribution in [3.63, 3.8) is 0 Å². The van der Waals surface area contributed by atoms with Gasteiger partial charge >= 0.3 is 11.9 Å². The highest BCUT2D eigenvalue weighted by atomic mass is 16.5. The summed E-state index contributed by atoms with van der Waals surface area (Å²) in [5.41, 5.74) is 4.07. The van der Waals surface area contributed by atoms with Crippen LogP contribution in [0, 0.1) is 0 Å². The summed E-state index contributed by atoms with van der Waals surface area (Å²) in [6.07, 6.45) is 2.81. The predicted octanol–water partition coefficient (Wildman–Crippen LogP) is 3.45. The molecule has 2 N–H and O–H groups in total. The van der Waals surface area contributed by atoms with Crippen LogP contribution in [0.5, 0.6) is 5.75 Å². The fourth-order valence-electron chi connectivity index (χ4n) is 2.12. The molecule has 1 heterocycles. The van der Waals surface area contributed by atoms with Crippen molar-refractivity contribution in [2.75, 3.05) is 5.43 Å². The molecule has 0 saturated heterocycles. The molecule has 0 radical (unpaired) electrons. The third-order valence-electron chi connectivity index (χ3n) is 3.50. The molecule has 7 nitrogen and oxygen atoms in total. The molecule has 0 aliphatic heterocycles. The lowest BCUT2D eigenvalue weighted by atomic mass is 10.2. The number of hydrazone groups is 1. The number of hydrogen-bond donors (Lipinski definition) is 2. The van der Waals surface area contributed by atoms with Crippen LogP contribution in [0.15, 0.2) is 78.0 Å². The second-order valence-corrected chi connectivity index (χ2v) is 5.43. The normalized spacial score (nSPS) is 10.5. The van der Waals surface area contributed by atoms with E-state index in [0.29, 0.717) is 17.1 Å². The highest BCUT2D eigenvalue weighted by Crippen LogP contribution is 2.14. The zero-order valence-corrected chi connectivity index (χ0v) is 14.1. The third-order valence-corrected chi connectivity index (χ3v) is 3.50. The molecule has 7 heteroatoms. The van der Waals surface area contributed by atoms with Crippen molar-refractivity contribution < 1.29 is 19.4 Å². The van der Waals surface area contributed by atoms with Crippen LogP contribution in [0.25, 0.3) is 0 Å². The topological polar surface area (TPSA) is 101 Å². The number of ether oxygens (including phenoxy) is 1. The number of aromatic nitrogens is 1. The molecule has 0 spiro atoms. The first-order valence-corrected chi connectivity index (χ1v) is 7.97. The van der Waals surface area contributed by atoms with E-state index in [4.69, 9.17) is 9.84 Å². The Kier molecular flexibility index (Phi) is 5.54. The number of carbonyl (C=O) groups excluding carboxylic acids is 1. The number of benzene rings is 2. The molecule has 0 fully saturated rings. The fourth-order valence-corrected chi connectivity index (χ4v) is 2.12. The van der Waals surface area contributed by atoms with Crippen molar-refractivity contribution in [1.29, 1.82) is 0 Å². The van der Waals surface area contributed by atoms with Crippen LogP contribution in [0.3, 0.4) is 0 Å². The molecule has 0 aliphatic carbocycles. The number of carboxylic acid groups (broad SMARTS) is 1. The molecule has 0 amide bonds. The summed E-state index contributed by atoms with van der Waals surface area (Å²) in [6, 6.07) is 18.5. The summed E-state index contributed by atoms with van der Waals surface area (Å²) >= 11 is 0. The van der Waals surface area contributed by atoms with Gasteiger partial charge in [0.25, 0.3) is 0 Å². The first-order chi connectivity index (χ1) is 13.1. The van der Waals surface area contributed by atoms with Gasteiger partial charge in [0.05, 0.1) is 17.3 Å². The monoisotopic (exact) mass is 361 g/mol. The molecule has 0 aliphatic rings. The predicted molar refractivity (Wildman–Crippen MR) is 100 cm³/mol. The lowest BCUT2D eigenvalue weighted by molar-refractivity contribution is 0.0694. The number of hydrogen-bond acceptors (Lipinski definition) is 6. The summed E-state index contributed by atoms with van der Waals surface area (Å²) in [4.78, 5) is 26.7. The largest absolute Gasteiger partial charge is 0.478 e. The number of nitrogens with one attached hydrogen (secondary N) is 1. The van der Waals surface area contributed by atoms with Gasteiger partial charge in [-0.05, 0) is 54.1 Å². The van der Waals surface area contributed by atoms with Crippen molar-refractivity contribution in [3.8, 4) is 5.75 Å². The first-order valence-electron chi connectivity index (χ1n) is 7.97. The quantitative estimate of drug-likeness (QED) is 0.302. The van der Waals surface area contributed by atoms with Crippen LogP contribution in [-0.2, 0) is 0 Å². The van der Waals surface area contributed by atoms with E-state index in [9.17, 15) is 9.59 Å². The second-order valence-electron chi connectivity index (χ2n) is 5.43. The van der Waals surface area contributed by atoms with Crippen LogP contribution < -0.4 is 10.2 Å². The first kappa shape index (κ1) is 17.8. The Morgan fingerprint density at radius 1 is 0.963 bits per heavy atom. The highest BCUT2D eigenvalue weighted by molar-refractivity contribution is 5.91. The van der Waals surface area contributed by atoms with Crippen LogP contribution >= 0.6 is 0 Å². The van der Waals surface area contributed by atoms with E-state index in [1.54, 1.807) is 54.7 Å². The SMILES string of the molecule is O=C(O)c1ccc(N/N=C/c2ccc(OC(=O)c3ccccc3)cc2)nc1. The van der Waals surface area contributed by atoms with Gasteiger partial charge in [-0.25, -0.2) is 14.6 Å². The molecular weight excluding hydrogens is 346 g/mol. The number of esters is 1. The van der Waals surface area contributed by atoms with Crippen molar-refractivity contribution in [1.82, 2.24) is 4.98 Å². The number of anilines is 1. The molecule has 0 atom stereocenters. The van der Waals surface area contributed by atoms with Gasteiger partial charge in [0.1, 0.15) is 11.6 Å². The van der Waals surface area contributed by atoms with Gasteiger partial charge in [-0.1, -0.05) is 18.2 Å². The van der Waals surface area contributed by atoms with Gasteiger partial charge in [-0.3, -0.25) is 5.43 Å². The minimum atomic E-state index is -1.04. The molecule has 3 aromatic rings. The molecule has 0 bridgehead atoms. The second kappa shape index (κ2) is 8.39. The maximum Gasteiger partial charge on any atom is 0.343 e. The van der Waals surface area contributed by atoms with Crippen LogP contribution in [0.2, 0.25) is 0 Å². The van der Waals surface area contributed by atoms with E-state index in [2.05, 4.69) is 15.5 Å². The third kappa shape index (κ3) is 4.99. The Morgan fingerprint density at radius 2 is 1.70 bits per heavy atom. The zero-order valence-electron chi connectivity index (χ0n) is 14.1. The summed E-state index contributed by atoms with van der Waals surface area (Å²) in [6.45, 7) is 0. The van der Waals surface area contributed by atoms with E-state index in [0.717, 1.165) is 5.56 Å². The number of carbonyl (C=O) groups is 2. The van der Waals surface area contributed by atoms with Gasteiger partial charge in [-0.2, -0.15) is 5.10 Å². The average molecular weight is 361 g/mol. The molecule has 27 heavy (non-hydrogen) atoms. The Labute approximate surface area is 155 Å². The van der Waals surface area contributed by atoms with Gasteiger partial charge in [0.15, 0.2) is 0 Å². The van der Waals surface area contributed by atoms with Gasteiger partial charge in [0.2, 0.25) is 0 Å². The summed E-state index contributed by atoms with van der Waals surface area (Å²) in [5.74, 6) is -0.607. The lowest BCUT2D eigenvalue weighted by Crippen LogP contribution is -2.08. The number of carboxylic acids is 1. The zero-order chi connectivity index (χ0) is 19.1. The molecule has 0 saturated carbocycles. The Morgan fingerprint density at radius 3 is 2.33 bits per heavy atom. The summed E-state index contributed by atoms with van der Waals surface area (Å²) in [7, 11) is 0. The van der Waals surface area contributed by atoms with Crippen molar-refractivity contribution >= 4 is 24.0 Å². The smallest absolute Gasteiger partial charge is 0.343 e. The Balaban J connectivity index is 1.56. The van der Waals surface area contributed by atoms with Gasteiger partial charge < -0.3 is 9.84 Å². The minimum absolute atomic E-state index is 0.102. The fraction of sp³-hybridized carbons (Fsp3) is 0. The van der Waals surface area contributed by atoms with Crippen LogP contribution in [0.4, 0.5) is 5.82 Å². The summed E-state index contributed by atoms with van der Waals surface area (Å²) in [5, 5.41) is 12.9. The molecule has 1 aromatic heterocycles. The number of pyridine rings is 1. The van der Waals surface area contributed by atoms with Crippen molar-refractivity contribution in [2.24, 2.45) is 5.10 Å². The Hall–Kier alpha value is -4.00. The molecule has 3 rings (SSSR count). The average Bonchev–Trinajstić information content (AvgIpc) is 2.70. The van der Waals surface area contributed by atoms with E-state index in [-0.39, 0.29) is 5.56 Å². The van der Waals surface area contributed by atoms with E-state index >= 15 is 0 Å². The molecule has 134 valence electrons. The minimum Gasteiger partial charge on any atom is -0.478 e. The van der Waals surface area contributed by atoms with Gasteiger partial charge in [-0.15, -0.1) is 0 Å². The highest BCUT2D eigenvalue weighted by Gasteiger charge is 2.07. The van der Waals surface area contributed by atoms with Crippen LogP contribution in [0.1, 0.15) is 26.3 Å². The van der Waals surface area contributed by atoms with E-state index in [1.807, 2.05) is 6.07 Å². The Bertz CT molecular complexity index is 953. The maximum atomic E-state index is 12.0. The number of aromatic carboxylic acids is 1. The van der Waals surface area contributed by atoms with E-state index in [1.165, 1.54) is 18.3 Å². The molecule has 0 unspecified atom stereocenters. The van der Waals surface area contributed by atoms with Gasteiger partial charge in [0, 0.05) is 6.20 Å². The number of nitrogens with zero attached hydrogens (tertiary/aromatic N) is 2. The van der Waals surface area contributed by atoms with Crippen molar-refractivity contribution in [2.45, 2.75) is 0 Å². The van der Waals surface area contributed by atoms with Crippen LogP contribution in [-0.4, -0.2) is 28.2 Å². The summed E-state index contributed by atoms with van der Waals surface area (Å²) < 4.78 is 5.30. The van der Waals surface area contributed by atoms with E-state index < -0.39 is 11.9 Å². The maximum absolute atomic E-state index is 12.0. The lowest BCUT2D eigenvalue weighted by Gasteiger charge is -2.04. The van der Waals surface area contributed by atoms with Crippen molar-refractivity contribution in [3.05, 3.63) is 89.6 Å².